The van der Waals surface area contributed by atoms with Gasteiger partial charge < -0.3 is 5.32 Å². The summed E-state index contributed by atoms with van der Waals surface area (Å²) >= 11 is 5.83. The van der Waals surface area contributed by atoms with E-state index in [0.717, 1.165) is 5.56 Å². The van der Waals surface area contributed by atoms with Crippen LogP contribution in [0.1, 0.15) is 11.1 Å². The summed E-state index contributed by atoms with van der Waals surface area (Å²) in [6, 6.07) is 13.8. The van der Waals surface area contributed by atoms with Crippen LogP contribution in [-0.2, 0) is 20.4 Å². The molecule has 0 saturated carbocycles. The molecule has 0 fully saturated rings. The van der Waals surface area contributed by atoms with E-state index in [1.165, 1.54) is 0 Å². The molecular formula is C16H16ClNO3S. The van der Waals surface area contributed by atoms with Crippen LogP contribution in [0.3, 0.4) is 0 Å². The molecule has 116 valence electrons. The predicted molar refractivity (Wildman–Crippen MR) is 88.8 cm³/mol. The van der Waals surface area contributed by atoms with Crippen molar-refractivity contribution < 1.29 is 13.2 Å². The van der Waals surface area contributed by atoms with E-state index in [4.69, 9.17) is 11.6 Å². The molecule has 1 amide bonds. The van der Waals surface area contributed by atoms with Crippen molar-refractivity contribution in [1.82, 2.24) is 0 Å². The number of anilines is 1. The summed E-state index contributed by atoms with van der Waals surface area (Å²) in [5.74, 6) is -1.32. The Labute approximate surface area is 135 Å². The monoisotopic (exact) mass is 337 g/mol. The van der Waals surface area contributed by atoms with Crippen LogP contribution < -0.4 is 5.32 Å². The van der Waals surface area contributed by atoms with Gasteiger partial charge in [0.15, 0.2) is 9.84 Å². The van der Waals surface area contributed by atoms with Gasteiger partial charge >= 0.3 is 0 Å². The van der Waals surface area contributed by atoms with Crippen LogP contribution in [0.25, 0.3) is 0 Å². The minimum absolute atomic E-state index is 0.213. The molecule has 0 radical (unpaired) electrons. The lowest BCUT2D eigenvalue weighted by Gasteiger charge is -2.07. The average Bonchev–Trinajstić information content (AvgIpc) is 2.36. The Hall–Kier alpha value is -1.85. The highest BCUT2D eigenvalue weighted by molar-refractivity contribution is 7.91. The first kappa shape index (κ1) is 16.5. The Morgan fingerprint density at radius 3 is 2.55 bits per heavy atom. The average molecular weight is 338 g/mol. The maximum atomic E-state index is 12.1. The van der Waals surface area contributed by atoms with Crippen LogP contribution in [0.4, 0.5) is 5.69 Å². The third-order valence-electron chi connectivity index (χ3n) is 2.93. The van der Waals surface area contributed by atoms with Crippen LogP contribution in [0.2, 0.25) is 5.02 Å². The fourth-order valence-corrected chi connectivity index (χ4v) is 3.53. The molecule has 2 aromatic carbocycles. The summed E-state index contributed by atoms with van der Waals surface area (Å²) in [6.45, 7) is 1.89. The van der Waals surface area contributed by atoms with Crippen LogP contribution in [0.15, 0.2) is 48.5 Å². The number of hydrogen-bond acceptors (Lipinski definition) is 3. The van der Waals surface area contributed by atoms with Gasteiger partial charge in [-0.25, -0.2) is 8.42 Å². The number of carbonyl (C=O) groups is 1. The summed E-state index contributed by atoms with van der Waals surface area (Å²) in [7, 11) is -3.55. The van der Waals surface area contributed by atoms with Crippen LogP contribution in [-0.4, -0.2) is 20.1 Å². The molecule has 2 aromatic rings. The summed E-state index contributed by atoms with van der Waals surface area (Å²) in [5.41, 5.74) is 2.14. The van der Waals surface area contributed by atoms with Gasteiger partial charge in [-0.15, -0.1) is 0 Å². The highest BCUT2D eigenvalue weighted by Crippen LogP contribution is 2.14. The molecule has 0 atom stereocenters. The number of sulfone groups is 1. The van der Waals surface area contributed by atoms with Gasteiger partial charge in [-0.05, 0) is 42.3 Å². The molecule has 4 nitrogen and oxygen atoms in total. The number of carbonyl (C=O) groups excluding carboxylic acids is 1. The summed E-state index contributed by atoms with van der Waals surface area (Å²) < 4.78 is 24.1. The molecule has 0 spiro atoms. The summed E-state index contributed by atoms with van der Waals surface area (Å²) in [4.78, 5) is 11.9. The van der Waals surface area contributed by atoms with E-state index >= 15 is 0 Å². The smallest absolute Gasteiger partial charge is 0.239 e. The number of aryl methyl sites for hydroxylation is 1. The Balaban J connectivity index is 2.00. The van der Waals surface area contributed by atoms with Crippen molar-refractivity contribution in [3.63, 3.8) is 0 Å². The molecule has 6 heteroatoms. The highest BCUT2D eigenvalue weighted by Gasteiger charge is 2.17. The van der Waals surface area contributed by atoms with Crippen molar-refractivity contribution in [1.29, 1.82) is 0 Å². The predicted octanol–water partition coefficient (Wildman–Crippen LogP) is 3.20. The van der Waals surface area contributed by atoms with Crippen molar-refractivity contribution in [2.75, 3.05) is 11.1 Å². The van der Waals surface area contributed by atoms with Gasteiger partial charge in [-0.3, -0.25) is 4.79 Å². The van der Waals surface area contributed by atoms with Gasteiger partial charge in [-0.1, -0.05) is 35.9 Å². The first-order chi connectivity index (χ1) is 10.3. The van der Waals surface area contributed by atoms with Gasteiger partial charge in [-0.2, -0.15) is 0 Å². The standard InChI is InChI=1S/C16H16ClNO3S/c1-12-4-2-7-15(8-12)18-16(19)11-22(20,21)10-13-5-3-6-14(17)9-13/h2-9H,10-11H2,1H3,(H,18,19). The Morgan fingerprint density at radius 1 is 1.14 bits per heavy atom. The third kappa shape index (κ3) is 5.16. The zero-order chi connectivity index (χ0) is 16.2. The fraction of sp³-hybridized carbons (Fsp3) is 0.188. The topological polar surface area (TPSA) is 63.2 Å². The molecule has 22 heavy (non-hydrogen) atoms. The van der Waals surface area contributed by atoms with E-state index in [2.05, 4.69) is 5.32 Å². The van der Waals surface area contributed by atoms with E-state index in [9.17, 15) is 13.2 Å². The number of benzene rings is 2. The molecule has 0 aromatic heterocycles. The maximum Gasteiger partial charge on any atom is 0.239 e. The van der Waals surface area contributed by atoms with E-state index in [1.54, 1.807) is 42.5 Å². The van der Waals surface area contributed by atoms with Crippen molar-refractivity contribution in [2.24, 2.45) is 0 Å². The minimum atomic E-state index is -3.55. The van der Waals surface area contributed by atoms with Crippen LogP contribution in [0.5, 0.6) is 0 Å². The van der Waals surface area contributed by atoms with Gasteiger partial charge in [0, 0.05) is 10.7 Å². The Bertz CT molecular complexity index is 787. The molecule has 0 bridgehead atoms. The largest absolute Gasteiger partial charge is 0.325 e. The molecule has 0 aliphatic rings. The molecule has 0 aliphatic heterocycles. The molecular weight excluding hydrogens is 322 g/mol. The zero-order valence-corrected chi connectivity index (χ0v) is 13.6. The van der Waals surface area contributed by atoms with Gasteiger partial charge in [0.1, 0.15) is 5.75 Å². The Kier molecular flexibility index (Phi) is 5.21. The number of rotatable bonds is 5. The molecule has 0 saturated heterocycles. The normalized spacial score (nSPS) is 11.2. The second kappa shape index (κ2) is 6.94. The van der Waals surface area contributed by atoms with Gasteiger partial charge in [0.05, 0.1) is 5.75 Å². The number of amides is 1. The lowest BCUT2D eigenvalue weighted by molar-refractivity contribution is -0.113. The maximum absolute atomic E-state index is 12.1. The summed E-state index contributed by atoms with van der Waals surface area (Å²) in [6.07, 6.45) is 0. The van der Waals surface area contributed by atoms with Crippen LogP contribution in [0, 0.1) is 6.92 Å². The highest BCUT2D eigenvalue weighted by atomic mass is 35.5. The van der Waals surface area contributed by atoms with Crippen molar-refractivity contribution in [2.45, 2.75) is 12.7 Å². The van der Waals surface area contributed by atoms with Crippen molar-refractivity contribution in [3.05, 3.63) is 64.7 Å². The molecule has 2 rings (SSSR count). The number of nitrogens with one attached hydrogen (secondary N) is 1. The zero-order valence-electron chi connectivity index (χ0n) is 12.0. The summed E-state index contributed by atoms with van der Waals surface area (Å²) in [5, 5.41) is 3.06. The second-order valence-electron chi connectivity index (χ2n) is 5.08. The quantitative estimate of drug-likeness (QED) is 0.911. The lowest BCUT2D eigenvalue weighted by atomic mass is 10.2. The Morgan fingerprint density at radius 2 is 1.86 bits per heavy atom. The van der Waals surface area contributed by atoms with E-state index in [1.807, 2.05) is 13.0 Å². The van der Waals surface area contributed by atoms with E-state index in [0.29, 0.717) is 16.3 Å². The van der Waals surface area contributed by atoms with Gasteiger partial charge in [0.2, 0.25) is 5.91 Å². The second-order valence-corrected chi connectivity index (χ2v) is 7.58. The van der Waals surface area contributed by atoms with Crippen LogP contribution >= 0.6 is 11.6 Å². The molecule has 0 aliphatic carbocycles. The molecule has 0 heterocycles. The van der Waals surface area contributed by atoms with E-state index in [-0.39, 0.29) is 5.75 Å². The fourth-order valence-electron chi connectivity index (χ4n) is 2.05. The van der Waals surface area contributed by atoms with Crippen molar-refractivity contribution >= 4 is 33.0 Å². The first-order valence-electron chi connectivity index (χ1n) is 6.65. The third-order valence-corrected chi connectivity index (χ3v) is 4.64. The van der Waals surface area contributed by atoms with Crippen molar-refractivity contribution in [3.8, 4) is 0 Å². The molecule has 1 N–H and O–H groups in total. The molecule has 0 unspecified atom stereocenters. The lowest BCUT2D eigenvalue weighted by Crippen LogP contribution is -2.24. The first-order valence-corrected chi connectivity index (χ1v) is 8.85. The van der Waals surface area contributed by atoms with E-state index < -0.39 is 21.5 Å². The van der Waals surface area contributed by atoms with Gasteiger partial charge in [0.25, 0.3) is 0 Å². The number of halogens is 1. The number of hydrogen-bond donors (Lipinski definition) is 1. The minimum Gasteiger partial charge on any atom is -0.325 e. The SMILES string of the molecule is Cc1cccc(NC(=O)CS(=O)(=O)Cc2cccc(Cl)c2)c1.